The SMILES string of the molecule is CN(CC(=O)OCC(=O)N1c2ccccc2CCc2ccccc21)c1ncccn1. The largest absolute Gasteiger partial charge is 0.454 e. The van der Waals surface area contributed by atoms with Crippen LogP contribution in [0.5, 0.6) is 0 Å². The van der Waals surface area contributed by atoms with Gasteiger partial charge >= 0.3 is 5.97 Å². The molecule has 1 aliphatic heterocycles. The van der Waals surface area contributed by atoms with Gasteiger partial charge < -0.3 is 9.64 Å². The fraction of sp³-hybridized carbons (Fsp3) is 0.217. The number of nitrogens with zero attached hydrogens (tertiary/aromatic N) is 4. The first kappa shape index (κ1) is 19.6. The molecule has 0 unspecified atom stereocenters. The molecule has 0 spiro atoms. The van der Waals surface area contributed by atoms with E-state index in [0.717, 1.165) is 35.3 Å². The minimum absolute atomic E-state index is 0.0511. The molecule has 30 heavy (non-hydrogen) atoms. The predicted octanol–water partition coefficient (Wildman–Crippen LogP) is 2.92. The van der Waals surface area contributed by atoms with E-state index in [2.05, 4.69) is 9.97 Å². The van der Waals surface area contributed by atoms with Crippen LogP contribution in [0.4, 0.5) is 17.3 Å². The van der Waals surface area contributed by atoms with Crippen LogP contribution in [0.1, 0.15) is 11.1 Å². The van der Waals surface area contributed by atoms with Crippen LogP contribution in [0, 0.1) is 0 Å². The van der Waals surface area contributed by atoms with Crippen molar-refractivity contribution in [2.75, 3.05) is 30.0 Å². The third kappa shape index (κ3) is 4.15. The van der Waals surface area contributed by atoms with Gasteiger partial charge in [-0.2, -0.15) is 0 Å². The molecule has 4 rings (SSSR count). The maximum Gasteiger partial charge on any atom is 0.326 e. The zero-order chi connectivity index (χ0) is 20.9. The number of anilines is 3. The highest BCUT2D eigenvalue weighted by Crippen LogP contribution is 2.35. The number of benzene rings is 2. The third-order valence-corrected chi connectivity index (χ3v) is 4.99. The van der Waals surface area contributed by atoms with Crippen LogP contribution in [-0.4, -0.2) is 42.0 Å². The Morgan fingerprint density at radius 1 is 0.933 bits per heavy atom. The van der Waals surface area contributed by atoms with Gasteiger partial charge in [-0.05, 0) is 42.2 Å². The molecule has 1 aromatic heterocycles. The van der Waals surface area contributed by atoms with Crippen LogP contribution in [0.15, 0.2) is 67.0 Å². The minimum Gasteiger partial charge on any atom is -0.454 e. The van der Waals surface area contributed by atoms with E-state index in [4.69, 9.17) is 4.74 Å². The number of hydrogen-bond donors (Lipinski definition) is 0. The summed E-state index contributed by atoms with van der Waals surface area (Å²) in [7, 11) is 1.69. The highest BCUT2D eigenvalue weighted by atomic mass is 16.5. The molecule has 0 N–H and O–H groups in total. The number of esters is 1. The molecule has 0 saturated heterocycles. The van der Waals surface area contributed by atoms with Crippen molar-refractivity contribution in [2.45, 2.75) is 12.8 Å². The smallest absolute Gasteiger partial charge is 0.326 e. The van der Waals surface area contributed by atoms with E-state index in [1.807, 2.05) is 48.5 Å². The van der Waals surface area contributed by atoms with Crippen molar-refractivity contribution in [3.63, 3.8) is 0 Å². The molecule has 0 fully saturated rings. The molecule has 0 bridgehead atoms. The number of ether oxygens (including phenoxy) is 1. The average molecular weight is 402 g/mol. The number of para-hydroxylation sites is 2. The number of fused-ring (bicyclic) bond motifs is 2. The summed E-state index contributed by atoms with van der Waals surface area (Å²) in [5.41, 5.74) is 3.85. The van der Waals surface area contributed by atoms with E-state index in [-0.39, 0.29) is 19.1 Å². The summed E-state index contributed by atoms with van der Waals surface area (Å²) in [5, 5.41) is 0. The van der Waals surface area contributed by atoms with Gasteiger partial charge in [-0.25, -0.2) is 9.97 Å². The lowest BCUT2D eigenvalue weighted by atomic mass is 10.0. The first-order chi connectivity index (χ1) is 14.6. The quantitative estimate of drug-likeness (QED) is 0.611. The van der Waals surface area contributed by atoms with Gasteiger partial charge in [0.05, 0.1) is 11.4 Å². The number of rotatable bonds is 5. The summed E-state index contributed by atoms with van der Waals surface area (Å²) in [6, 6.07) is 17.4. The van der Waals surface area contributed by atoms with Crippen molar-refractivity contribution < 1.29 is 14.3 Å². The number of carbonyl (C=O) groups is 2. The normalized spacial score (nSPS) is 12.4. The number of carbonyl (C=O) groups excluding carboxylic acids is 2. The van der Waals surface area contributed by atoms with Crippen molar-refractivity contribution in [3.8, 4) is 0 Å². The molecule has 0 aliphatic carbocycles. The van der Waals surface area contributed by atoms with E-state index >= 15 is 0 Å². The van der Waals surface area contributed by atoms with Crippen LogP contribution >= 0.6 is 0 Å². The van der Waals surface area contributed by atoms with Crippen molar-refractivity contribution in [2.24, 2.45) is 0 Å². The molecule has 2 heterocycles. The fourth-order valence-corrected chi connectivity index (χ4v) is 3.55. The van der Waals surface area contributed by atoms with E-state index in [9.17, 15) is 9.59 Å². The third-order valence-electron chi connectivity index (χ3n) is 4.99. The first-order valence-corrected chi connectivity index (χ1v) is 9.76. The summed E-state index contributed by atoms with van der Waals surface area (Å²) < 4.78 is 5.29. The zero-order valence-corrected chi connectivity index (χ0v) is 16.7. The second-order valence-electron chi connectivity index (χ2n) is 7.05. The number of aryl methyl sites for hydroxylation is 2. The fourth-order valence-electron chi connectivity index (χ4n) is 3.55. The van der Waals surface area contributed by atoms with Crippen molar-refractivity contribution >= 4 is 29.2 Å². The summed E-state index contributed by atoms with van der Waals surface area (Å²) in [6.45, 7) is -0.393. The Kier molecular flexibility index (Phi) is 5.70. The Labute approximate surface area is 174 Å². The molecule has 1 aliphatic rings. The summed E-state index contributed by atoms with van der Waals surface area (Å²) in [6.07, 6.45) is 4.89. The van der Waals surface area contributed by atoms with E-state index in [1.165, 1.54) is 0 Å². The van der Waals surface area contributed by atoms with Gasteiger partial charge in [0.1, 0.15) is 6.54 Å². The first-order valence-electron chi connectivity index (χ1n) is 9.76. The lowest BCUT2D eigenvalue weighted by Gasteiger charge is -2.25. The number of likely N-dealkylation sites (N-methyl/N-ethyl adjacent to an activating group) is 1. The molecule has 1 amide bonds. The second kappa shape index (κ2) is 8.73. The maximum atomic E-state index is 13.1. The standard InChI is InChI=1S/C23H22N4O3/c1-26(23-24-13-6-14-25-23)15-22(29)30-16-21(28)27-19-9-4-2-7-17(19)11-12-18-8-3-5-10-20(18)27/h2-10,13-14H,11-12,15-16H2,1H3. The van der Waals surface area contributed by atoms with Gasteiger partial charge in [-0.3, -0.25) is 14.5 Å². The topological polar surface area (TPSA) is 75.6 Å². The van der Waals surface area contributed by atoms with Crippen LogP contribution in [0.2, 0.25) is 0 Å². The molecule has 2 aromatic carbocycles. The second-order valence-corrected chi connectivity index (χ2v) is 7.05. The molecule has 152 valence electrons. The monoisotopic (exact) mass is 402 g/mol. The van der Waals surface area contributed by atoms with Crippen LogP contribution in [0.3, 0.4) is 0 Å². The number of aromatic nitrogens is 2. The summed E-state index contributed by atoms with van der Waals surface area (Å²) >= 11 is 0. The van der Waals surface area contributed by atoms with Gasteiger partial charge in [0.2, 0.25) is 5.95 Å². The molecular formula is C23H22N4O3. The van der Waals surface area contributed by atoms with Crippen molar-refractivity contribution in [1.29, 1.82) is 0 Å². The molecular weight excluding hydrogens is 380 g/mol. The van der Waals surface area contributed by atoms with Gasteiger partial charge in [-0.1, -0.05) is 36.4 Å². The lowest BCUT2D eigenvalue weighted by Crippen LogP contribution is -2.34. The maximum absolute atomic E-state index is 13.1. The average Bonchev–Trinajstić information content (AvgIpc) is 2.95. The Bertz CT molecular complexity index is 1010. The van der Waals surface area contributed by atoms with E-state index in [0.29, 0.717) is 5.95 Å². The molecule has 7 nitrogen and oxygen atoms in total. The highest BCUT2D eigenvalue weighted by Gasteiger charge is 2.26. The van der Waals surface area contributed by atoms with Crippen LogP contribution in [-0.2, 0) is 27.2 Å². The molecule has 0 radical (unpaired) electrons. The summed E-state index contributed by atoms with van der Waals surface area (Å²) in [5.74, 6) is -0.394. The van der Waals surface area contributed by atoms with E-state index in [1.54, 1.807) is 35.3 Å². The Hall–Kier alpha value is -3.74. The Balaban J connectivity index is 1.49. The lowest BCUT2D eigenvalue weighted by molar-refractivity contribution is -0.146. The van der Waals surface area contributed by atoms with Crippen LogP contribution < -0.4 is 9.80 Å². The van der Waals surface area contributed by atoms with Gasteiger partial charge in [0, 0.05) is 19.4 Å². The molecule has 0 atom stereocenters. The minimum atomic E-state index is -0.519. The molecule has 3 aromatic rings. The Morgan fingerprint density at radius 2 is 1.50 bits per heavy atom. The van der Waals surface area contributed by atoms with Crippen molar-refractivity contribution in [1.82, 2.24) is 9.97 Å². The zero-order valence-electron chi connectivity index (χ0n) is 16.7. The van der Waals surface area contributed by atoms with Crippen LogP contribution in [0.25, 0.3) is 0 Å². The number of amides is 1. The van der Waals surface area contributed by atoms with Gasteiger partial charge in [0.15, 0.2) is 6.61 Å². The molecule has 7 heteroatoms. The molecule has 0 saturated carbocycles. The predicted molar refractivity (Wildman–Crippen MR) is 114 cm³/mol. The number of hydrogen-bond acceptors (Lipinski definition) is 6. The van der Waals surface area contributed by atoms with Crippen molar-refractivity contribution in [3.05, 3.63) is 78.1 Å². The van der Waals surface area contributed by atoms with E-state index < -0.39 is 5.97 Å². The summed E-state index contributed by atoms with van der Waals surface area (Å²) in [4.78, 5) is 36.8. The Morgan fingerprint density at radius 3 is 2.10 bits per heavy atom. The highest BCUT2D eigenvalue weighted by molar-refractivity contribution is 6.03. The van der Waals surface area contributed by atoms with Gasteiger partial charge in [0.25, 0.3) is 5.91 Å². The van der Waals surface area contributed by atoms with Gasteiger partial charge in [-0.15, -0.1) is 0 Å².